The predicted octanol–water partition coefficient (Wildman–Crippen LogP) is 0.609. The predicted molar refractivity (Wildman–Crippen MR) is 86.3 cm³/mol. The quantitative estimate of drug-likeness (QED) is 0.709. The lowest BCUT2D eigenvalue weighted by atomic mass is 9.99. The fourth-order valence-electron chi connectivity index (χ4n) is 2.71. The smallest absolute Gasteiger partial charge is 0.0570 e. The van der Waals surface area contributed by atoms with Gasteiger partial charge in [0.15, 0.2) is 0 Å². The second-order valence-corrected chi connectivity index (χ2v) is 6.22. The van der Waals surface area contributed by atoms with Gasteiger partial charge < -0.3 is 16.8 Å². The van der Waals surface area contributed by atoms with E-state index in [1.54, 1.807) is 0 Å². The van der Waals surface area contributed by atoms with Crippen molar-refractivity contribution < 1.29 is 0 Å². The number of nitrogens with two attached hydrogens (primary N) is 2. The zero-order valence-electron chi connectivity index (χ0n) is 13.6. The fourth-order valence-corrected chi connectivity index (χ4v) is 2.71. The molecule has 20 heavy (non-hydrogen) atoms. The Balaban J connectivity index is 0.000000200. The van der Waals surface area contributed by atoms with Crippen LogP contribution in [0.4, 0.5) is 0 Å². The fraction of sp³-hybridized carbons (Fsp3) is 1.00. The van der Waals surface area contributed by atoms with Crippen LogP contribution in [0.1, 0.15) is 40.0 Å². The lowest BCUT2D eigenvalue weighted by molar-refractivity contribution is 0.150. The molecule has 120 valence electrons. The second-order valence-electron chi connectivity index (χ2n) is 6.22. The van der Waals surface area contributed by atoms with Gasteiger partial charge in [-0.25, -0.2) is 0 Å². The lowest BCUT2D eigenvalue weighted by Crippen LogP contribution is -2.51. The van der Waals surface area contributed by atoms with E-state index in [1.807, 2.05) is 0 Å². The van der Waals surface area contributed by atoms with Crippen molar-refractivity contribution in [3.8, 4) is 0 Å². The van der Waals surface area contributed by atoms with Crippen LogP contribution in [-0.4, -0.2) is 61.4 Å². The molecule has 0 amide bonds. The number of nitrogens with zero attached hydrogens (tertiary/aromatic N) is 2. The maximum absolute atomic E-state index is 5.85. The molecule has 0 aromatic heterocycles. The largest absolute Gasteiger partial charge is 0.316 e. The van der Waals surface area contributed by atoms with E-state index in [1.165, 1.54) is 25.9 Å². The number of likely N-dealkylation sites (tertiary alicyclic amines) is 1. The van der Waals surface area contributed by atoms with Crippen molar-refractivity contribution >= 4 is 0 Å². The molecule has 0 saturated carbocycles. The van der Waals surface area contributed by atoms with E-state index >= 15 is 0 Å². The maximum atomic E-state index is 5.85. The first-order valence-electron chi connectivity index (χ1n) is 8.24. The van der Waals surface area contributed by atoms with Gasteiger partial charge in [0.05, 0.1) is 12.3 Å². The lowest BCUT2D eigenvalue weighted by Gasteiger charge is -2.32. The van der Waals surface area contributed by atoms with Crippen LogP contribution in [0.3, 0.4) is 0 Å². The Labute approximate surface area is 125 Å². The zero-order chi connectivity index (χ0) is 15.0. The molecule has 2 saturated heterocycles. The van der Waals surface area contributed by atoms with Crippen molar-refractivity contribution in [3.05, 3.63) is 0 Å². The molecule has 5 heteroatoms. The molecular formula is C15H35N5. The molecule has 2 rings (SSSR count). The van der Waals surface area contributed by atoms with E-state index < -0.39 is 0 Å². The molecule has 2 heterocycles. The molecule has 5 nitrogen and oxygen atoms in total. The van der Waals surface area contributed by atoms with E-state index in [9.17, 15) is 0 Å². The third-order valence-electron chi connectivity index (χ3n) is 4.43. The molecule has 2 fully saturated rings. The van der Waals surface area contributed by atoms with Crippen molar-refractivity contribution in [2.75, 3.05) is 39.3 Å². The number of hydrogen-bond acceptors (Lipinski definition) is 5. The minimum Gasteiger partial charge on any atom is -0.316 e. The summed E-state index contributed by atoms with van der Waals surface area (Å²) >= 11 is 0. The first-order chi connectivity index (χ1) is 9.54. The van der Waals surface area contributed by atoms with Crippen molar-refractivity contribution in [2.24, 2.45) is 17.4 Å². The first-order valence-corrected chi connectivity index (χ1v) is 8.24. The Morgan fingerprint density at radius 3 is 2.05 bits per heavy atom. The van der Waals surface area contributed by atoms with Crippen molar-refractivity contribution in [1.29, 1.82) is 0 Å². The van der Waals surface area contributed by atoms with Gasteiger partial charge in [0.25, 0.3) is 0 Å². The molecule has 2 atom stereocenters. The van der Waals surface area contributed by atoms with Crippen LogP contribution in [0.25, 0.3) is 0 Å². The third-order valence-corrected chi connectivity index (χ3v) is 4.43. The topological polar surface area (TPSA) is 70.5 Å². The minimum absolute atomic E-state index is 0.257. The van der Waals surface area contributed by atoms with Crippen molar-refractivity contribution in [1.82, 2.24) is 15.1 Å². The molecule has 0 spiro atoms. The average Bonchev–Trinajstić information content (AvgIpc) is 2.48. The highest BCUT2D eigenvalue weighted by molar-refractivity contribution is 4.71. The number of piperazine rings is 1. The van der Waals surface area contributed by atoms with Gasteiger partial charge in [0, 0.05) is 26.2 Å². The summed E-state index contributed by atoms with van der Waals surface area (Å²) in [5, 5.41) is 3.30. The Morgan fingerprint density at radius 2 is 1.60 bits per heavy atom. The highest BCUT2D eigenvalue weighted by atomic mass is 15.3. The van der Waals surface area contributed by atoms with E-state index in [2.05, 4.69) is 35.9 Å². The summed E-state index contributed by atoms with van der Waals surface area (Å²) in [6.07, 6.45) is 4.23. The Hall–Kier alpha value is -0.200. The standard InChI is InChI=1S/C8H18N2.C7H17N3/c1-7-3-5-10(6-4-7)8(2)9;1-2-7(8)10-5-3-9-4-6-10/h7-8H,3-6,9H2,1-2H3;7,9H,2-6,8H2,1H3. The summed E-state index contributed by atoms with van der Waals surface area (Å²) in [5.41, 5.74) is 11.6. The number of hydrogen-bond donors (Lipinski definition) is 3. The van der Waals surface area contributed by atoms with Crippen LogP contribution in [0.5, 0.6) is 0 Å². The van der Waals surface area contributed by atoms with Crippen LogP contribution in [-0.2, 0) is 0 Å². The number of nitrogens with one attached hydrogen (secondary N) is 1. The molecule has 2 aliphatic heterocycles. The van der Waals surface area contributed by atoms with Gasteiger partial charge in [-0.3, -0.25) is 9.80 Å². The van der Waals surface area contributed by atoms with Gasteiger partial charge in [-0.2, -0.15) is 0 Å². The summed E-state index contributed by atoms with van der Waals surface area (Å²) in [5.74, 6) is 0.912. The normalized spacial score (nSPS) is 25.6. The van der Waals surface area contributed by atoms with Crippen molar-refractivity contribution in [3.63, 3.8) is 0 Å². The summed E-state index contributed by atoms with van der Waals surface area (Å²) < 4.78 is 0. The SMILES string of the molecule is CC1CCN(C(C)N)CC1.CCC(N)N1CCNCC1. The number of piperidine rings is 1. The third kappa shape index (κ3) is 6.50. The summed E-state index contributed by atoms with van der Waals surface area (Å²) in [6, 6.07) is 0. The molecule has 5 N–H and O–H groups in total. The van der Waals surface area contributed by atoms with E-state index in [4.69, 9.17) is 11.5 Å². The molecular weight excluding hydrogens is 250 g/mol. The van der Waals surface area contributed by atoms with Gasteiger partial charge in [0.1, 0.15) is 0 Å². The van der Waals surface area contributed by atoms with Crippen LogP contribution >= 0.6 is 0 Å². The Bertz CT molecular complexity index is 232. The zero-order valence-corrected chi connectivity index (χ0v) is 13.6. The van der Waals surface area contributed by atoms with Crippen LogP contribution in [0.2, 0.25) is 0 Å². The Kier molecular flexibility index (Phi) is 8.64. The summed E-state index contributed by atoms with van der Waals surface area (Å²) in [6.45, 7) is 13.3. The van der Waals surface area contributed by atoms with Crippen LogP contribution < -0.4 is 16.8 Å². The highest BCUT2D eigenvalue weighted by Gasteiger charge is 2.17. The van der Waals surface area contributed by atoms with Gasteiger partial charge in [-0.1, -0.05) is 13.8 Å². The molecule has 2 aliphatic rings. The molecule has 0 bridgehead atoms. The van der Waals surface area contributed by atoms with Gasteiger partial charge in [-0.15, -0.1) is 0 Å². The first kappa shape index (κ1) is 17.9. The van der Waals surface area contributed by atoms with E-state index in [-0.39, 0.29) is 12.3 Å². The minimum atomic E-state index is 0.257. The molecule has 0 aliphatic carbocycles. The number of rotatable bonds is 3. The summed E-state index contributed by atoms with van der Waals surface area (Å²) in [7, 11) is 0. The molecule has 0 radical (unpaired) electrons. The molecule has 0 aromatic rings. The second kappa shape index (κ2) is 9.68. The molecule has 0 aromatic carbocycles. The Morgan fingerprint density at radius 1 is 1.05 bits per heavy atom. The monoisotopic (exact) mass is 285 g/mol. The van der Waals surface area contributed by atoms with Gasteiger partial charge in [0.2, 0.25) is 0 Å². The maximum Gasteiger partial charge on any atom is 0.0570 e. The average molecular weight is 285 g/mol. The van der Waals surface area contributed by atoms with E-state index in [0.717, 1.165) is 38.5 Å². The van der Waals surface area contributed by atoms with Gasteiger partial charge >= 0.3 is 0 Å². The van der Waals surface area contributed by atoms with Crippen LogP contribution in [0.15, 0.2) is 0 Å². The summed E-state index contributed by atoms with van der Waals surface area (Å²) in [4.78, 5) is 4.68. The van der Waals surface area contributed by atoms with Gasteiger partial charge in [-0.05, 0) is 45.2 Å². The van der Waals surface area contributed by atoms with Crippen LogP contribution in [0, 0.1) is 5.92 Å². The molecule has 2 unspecified atom stereocenters. The van der Waals surface area contributed by atoms with Crippen molar-refractivity contribution in [2.45, 2.75) is 52.4 Å². The highest BCUT2D eigenvalue weighted by Crippen LogP contribution is 2.16. The van der Waals surface area contributed by atoms with E-state index in [0.29, 0.717) is 0 Å².